The highest BCUT2D eigenvalue weighted by molar-refractivity contribution is 6.31. The van der Waals surface area contributed by atoms with E-state index < -0.39 is 0 Å². The van der Waals surface area contributed by atoms with Crippen molar-refractivity contribution in [2.24, 2.45) is 11.8 Å². The van der Waals surface area contributed by atoms with Crippen LogP contribution in [0, 0.1) is 11.8 Å². The highest BCUT2D eigenvalue weighted by atomic mass is 35.5. The van der Waals surface area contributed by atoms with Gasteiger partial charge in [0.25, 0.3) is 0 Å². The molecule has 4 heteroatoms. The van der Waals surface area contributed by atoms with Crippen molar-refractivity contribution in [3.63, 3.8) is 0 Å². The van der Waals surface area contributed by atoms with Crippen LogP contribution in [0.3, 0.4) is 0 Å². The van der Waals surface area contributed by atoms with E-state index in [1.807, 2.05) is 43.1 Å². The summed E-state index contributed by atoms with van der Waals surface area (Å²) in [6, 6.07) is 7.75. The predicted octanol–water partition coefficient (Wildman–Crippen LogP) is 3.89. The van der Waals surface area contributed by atoms with E-state index in [2.05, 4.69) is 12.2 Å². The van der Waals surface area contributed by atoms with Crippen molar-refractivity contribution < 1.29 is 4.79 Å². The standard InChI is InChI=1S/C18H27ClN2O/c1-13(15-7-6-10-20-12-15)11-18(22)21(3)14(2)16-8-4-5-9-17(16)19/h4-5,8-9,13-15,20H,6-7,10-12H2,1-3H3. The fourth-order valence-corrected chi connectivity index (χ4v) is 3.48. The summed E-state index contributed by atoms with van der Waals surface area (Å²) in [5.74, 6) is 1.23. The molecule has 3 unspecified atom stereocenters. The molecule has 0 spiro atoms. The van der Waals surface area contributed by atoms with Crippen molar-refractivity contribution in [1.29, 1.82) is 0 Å². The molecule has 0 saturated carbocycles. The van der Waals surface area contributed by atoms with Crippen LogP contribution >= 0.6 is 11.6 Å². The minimum Gasteiger partial charge on any atom is -0.339 e. The van der Waals surface area contributed by atoms with Gasteiger partial charge < -0.3 is 10.2 Å². The van der Waals surface area contributed by atoms with Crippen LogP contribution in [0.25, 0.3) is 0 Å². The molecule has 0 aromatic heterocycles. The number of halogens is 1. The van der Waals surface area contributed by atoms with E-state index in [-0.39, 0.29) is 11.9 Å². The Labute approximate surface area is 139 Å². The molecular weight excluding hydrogens is 296 g/mol. The lowest BCUT2D eigenvalue weighted by Gasteiger charge is -2.31. The number of benzene rings is 1. The SMILES string of the molecule is CC(CC(=O)N(C)C(C)c1ccccc1Cl)C1CCCNC1. The number of amides is 1. The minimum absolute atomic E-state index is 0.00196. The lowest BCUT2D eigenvalue weighted by Crippen LogP contribution is -2.36. The van der Waals surface area contributed by atoms with Crippen LogP contribution in [0.2, 0.25) is 5.02 Å². The van der Waals surface area contributed by atoms with Gasteiger partial charge in [-0.15, -0.1) is 0 Å². The molecule has 22 heavy (non-hydrogen) atoms. The Hall–Kier alpha value is -1.06. The molecule has 122 valence electrons. The van der Waals surface area contributed by atoms with Crippen molar-refractivity contribution in [1.82, 2.24) is 10.2 Å². The zero-order valence-corrected chi connectivity index (χ0v) is 14.6. The Kier molecular flexibility index (Phi) is 6.27. The molecule has 2 rings (SSSR count). The van der Waals surface area contributed by atoms with Crippen LogP contribution in [0.5, 0.6) is 0 Å². The van der Waals surface area contributed by atoms with Gasteiger partial charge in [-0.3, -0.25) is 4.79 Å². The van der Waals surface area contributed by atoms with E-state index in [4.69, 9.17) is 11.6 Å². The van der Waals surface area contributed by atoms with Gasteiger partial charge in [0, 0.05) is 18.5 Å². The third-order valence-electron chi connectivity index (χ3n) is 4.97. The predicted molar refractivity (Wildman–Crippen MR) is 92.0 cm³/mol. The number of carbonyl (C=O) groups is 1. The summed E-state index contributed by atoms with van der Waals surface area (Å²) in [6.07, 6.45) is 3.05. The molecule has 0 radical (unpaired) electrons. The molecule has 0 aliphatic carbocycles. The van der Waals surface area contributed by atoms with E-state index in [1.165, 1.54) is 12.8 Å². The number of carbonyl (C=O) groups excluding carboxylic acids is 1. The maximum Gasteiger partial charge on any atom is 0.223 e. The average molecular weight is 323 g/mol. The average Bonchev–Trinajstić information content (AvgIpc) is 2.54. The second kappa shape index (κ2) is 7.98. The summed E-state index contributed by atoms with van der Waals surface area (Å²) in [7, 11) is 1.88. The molecule has 1 heterocycles. The first-order valence-corrected chi connectivity index (χ1v) is 8.59. The van der Waals surface area contributed by atoms with Crippen molar-refractivity contribution >= 4 is 17.5 Å². The van der Waals surface area contributed by atoms with Crippen molar-refractivity contribution in [2.75, 3.05) is 20.1 Å². The summed E-state index contributed by atoms with van der Waals surface area (Å²) >= 11 is 6.25. The summed E-state index contributed by atoms with van der Waals surface area (Å²) in [5.41, 5.74) is 1.01. The number of hydrogen-bond donors (Lipinski definition) is 1. The summed E-state index contributed by atoms with van der Waals surface area (Å²) in [4.78, 5) is 14.4. The van der Waals surface area contributed by atoms with Gasteiger partial charge in [0.15, 0.2) is 0 Å². The zero-order valence-electron chi connectivity index (χ0n) is 13.8. The van der Waals surface area contributed by atoms with Gasteiger partial charge in [-0.25, -0.2) is 0 Å². The largest absolute Gasteiger partial charge is 0.339 e. The number of piperidine rings is 1. The van der Waals surface area contributed by atoms with Crippen LogP contribution in [0.4, 0.5) is 0 Å². The first kappa shape index (κ1) is 17.3. The molecule has 1 aromatic rings. The van der Waals surface area contributed by atoms with Gasteiger partial charge in [0.05, 0.1) is 6.04 Å². The summed E-state index contributed by atoms with van der Waals surface area (Å²) in [5, 5.41) is 4.15. The van der Waals surface area contributed by atoms with Crippen LogP contribution in [0.1, 0.15) is 44.7 Å². The van der Waals surface area contributed by atoms with Crippen LogP contribution in [-0.2, 0) is 4.79 Å². The van der Waals surface area contributed by atoms with Gasteiger partial charge in [0.2, 0.25) is 5.91 Å². The van der Waals surface area contributed by atoms with Gasteiger partial charge >= 0.3 is 0 Å². The first-order chi connectivity index (χ1) is 10.5. The third-order valence-corrected chi connectivity index (χ3v) is 5.31. The zero-order chi connectivity index (χ0) is 16.1. The Balaban J connectivity index is 1.95. The van der Waals surface area contributed by atoms with E-state index in [0.717, 1.165) is 23.7 Å². The summed E-state index contributed by atoms with van der Waals surface area (Å²) in [6.45, 7) is 6.38. The number of nitrogens with zero attached hydrogens (tertiary/aromatic N) is 1. The van der Waals surface area contributed by atoms with Crippen LogP contribution < -0.4 is 5.32 Å². The molecule has 1 fully saturated rings. The van der Waals surface area contributed by atoms with Crippen LogP contribution in [-0.4, -0.2) is 30.9 Å². The minimum atomic E-state index is -0.00196. The van der Waals surface area contributed by atoms with Crippen molar-refractivity contribution in [3.05, 3.63) is 34.9 Å². The fraction of sp³-hybridized carbons (Fsp3) is 0.611. The van der Waals surface area contributed by atoms with Crippen LogP contribution in [0.15, 0.2) is 24.3 Å². The molecule has 0 bridgehead atoms. The molecule has 3 nitrogen and oxygen atoms in total. The number of nitrogens with one attached hydrogen (secondary N) is 1. The smallest absolute Gasteiger partial charge is 0.223 e. The molecular formula is C18H27ClN2O. The van der Waals surface area contributed by atoms with Crippen molar-refractivity contribution in [3.8, 4) is 0 Å². The van der Waals surface area contributed by atoms with Gasteiger partial charge in [-0.05, 0) is 56.3 Å². The molecule has 1 amide bonds. The van der Waals surface area contributed by atoms with Gasteiger partial charge in [0.1, 0.15) is 0 Å². The van der Waals surface area contributed by atoms with E-state index >= 15 is 0 Å². The highest BCUT2D eigenvalue weighted by Gasteiger charge is 2.25. The molecule has 1 aliphatic rings. The monoisotopic (exact) mass is 322 g/mol. The van der Waals surface area contributed by atoms with E-state index in [0.29, 0.717) is 18.3 Å². The normalized spacial score (nSPS) is 21.2. The lowest BCUT2D eigenvalue weighted by atomic mass is 9.85. The second-order valence-electron chi connectivity index (χ2n) is 6.49. The summed E-state index contributed by atoms with van der Waals surface area (Å²) < 4.78 is 0. The van der Waals surface area contributed by atoms with Gasteiger partial charge in [-0.1, -0.05) is 36.7 Å². The van der Waals surface area contributed by atoms with Crippen molar-refractivity contribution in [2.45, 2.75) is 39.2 Å². The second-order valence-corrected chi connectivity index (χ2v) is 6.90. The first-order valence-electron chi connectivity index (χ1n) is 8.21. The third kappa shape index (κ3) is 4.23. The highest BCUT2D eigenvalue weighted by Crippen LogP contribution is 2.28. The number of hydrogen-bond acceptors (Lipinski definition) is 2. The molecule has 1 N–H and O–H groups in total. The maximum absolute atomic E-state index is 12.6. The molecule has 1 aromatic carbocycles. The Morgan fingerprint density at radius 2 is 2.14 bits per heavy atom. The molecule has 3 atom stereocenters. The Bertz CT molecular complexity index is 500. The van der Waals surface area contributed by atoms with E-state index in [9.17, 15) is 4.79 Å². The lowest BCUT2D eigenvalue weighted by molar-refractivity contribution is -0.133. The Morgan fingerprint density at radius 1 is 1.41 bits per heavy atom. The fourth-order valence-electron chi connectivity index (χ4n) is 3.19. The maximum atomic E-state index is 12.6. The number of rotatable bonds is 5. The molecule has 1 aliphatic heterocycles. The van der Waals surface area contributed by atoms with Gasteiger partial charge in [-0.2, -0.15) is 0 Å². The quantitative estimate of drug-likeness (QED) is 0.892. The Morgan fingerprint density at radius 3 is 2.77 bits per heavy atom. The topological polar surface area (TPSA) is 32.3 Å². The molecule has 1 saturated heterocycles. The van der Waals surface area contributed by atoms with E-state index in [1.54, 1.807) is 0 Å².